The highest BCUT2D eigenvalue weighted by atomic mass is 16.5. The van der Waals surface area contributed by atoms with Gasteiger partial charge in [0.05, 0.1) is 6.61 Å². The Labute approximate surface area is 187 Å². The molecular weight excluding hydrogens is 404 g/mol. The quantitative estimate of drug-likeness (QED) is 0.519. The number of benzene rings is 3. The van der Waals surface area contributed by atoms with E-state index < -0.39 is 0 Å². The predicted octanol–water partition coefficient (Wildman–Crippen LogP) is 4.07. The maximum Gasteiger partial charge on any atom is 0.261 e. The molecule has 0 radical (unpaired) electrons. The van der Waals surface area contributed by atoms with Crippen LogP contribution in [0.15, 0.2) is 60.7 Å². The van der Waals surface area contributed by atoms with E-state index in [-0.39, 0.29) is 30.7 Å². The zero-order valence-corrected chi connectivity index (χ0v) is 18.1. The lowest BCUT2D eigenvalue weighted by Gasteiger charge is -2.27. The third-order valence-electron chi connectivity index (χ3n) is 5.70. The first-order valence-corrected chi connectivity index (χ1v) is 10.9. The molecule has 0 bridgehead atoms. The van der Waals surface area contributed by atoms with Gasteiger partial charge in [0.25, 0.3) is 11.8 Å². The Kier molecular flexibility index (Phi) is 6.61. The average molecular weight is 431 g/mol. The molecule has 1 heterocycles. The number of amides is 3. The summed E-state index contributed by atoms with van der Waals surface area (Å²) in [5.41, 5.74) is 3.13. The molecule has 0 unspecified atom stereocenters. The lowest BCUT2D eigenvalue weighted by Crippen LogP contribution is -2.41. The summed E-state index contributed by atoms with van der Waals surface area (Å²) in [4.78, 5) is 39.5. The first-order chi connectivity index (χ1) is 15.6. The van der Waals surface area contributed by atoms with Gasteiger partial charge in [0.1, 0.15) is 0 Å². The number of carbonyl (C=O) groups excluding carboxylic acids is 3. The number of nitrogens with one attached hydrogen (secondary N) is 1. The molecule has 0 spiro atoms. The first-order valence-electron chi connectivity index (χ1n) is 10.9. The second kappa shape index (κ2) is 9.75. The SMILES string of the molecule is CCOCc1ccccc1CNC(=O)CCCN1C(=O)c2cccc3cccc(c23)C1=O. The Morgan fingerprint density at radius 2 is 1.56 bits per heavy atom. The van der Waals surface area contributed by atoms with Crippen LogP contribution in [0, 0.1) is 0 Å². The molecule has 1 aliphatic heterocycles. The monoisotopic (exact) mass is 430 g/mol. The van der Waals surface area contributed by atoms with E-state index in [0.29, 0.717) is 42.7 Å². The Bertz CT molecular complexity index is 1120. The molecule has 0 fully saturated rings. The van der Waals surface area contributed by atoms with Crippen LogP contribution in [0.2, 0.25) is 0 Å². The van der Waals surface area contributed by atoms with Gasteiger partial charge in [-0.3, -0.25) is 19.3 Å². The van der Waals surface area contributed by atoms with Crippen LogP contribution < -0.4 is 5.32 Å². The molecule has 3 aromatic rings. The third-order valence-corrected chi connectivity index (χ3v) is 5.70. The van der Waals surface area contributed by atoms with Crippen molar-refractivity contribution in [3.05, 3.63) is 82.9 Å². The lowest BCUT2D eigenvalue weighted by molar-refractivity contribution is -0.121. The number of rotatable bonds is 9. The van der Waals surface area contributed by atoms with Crippen LogP contribution in [0.3, 0.4) is 0 Å². The molecular formula is C26H26N2O4. The van der Waals surface area contributed by atoms with E-state index in [1.54, 1.807) is 12.1 Å². The summed E-state index contributed by atoms with van der Waals surface area (Å²) in [7, 11) is 0. The maximum absolute atomic E-state index is 12.9. The molecule has 6 heteroatoms. The second-order valence-corrected chi connectivity index (χ2v) is 7.76. The van der Waals surface area contributed by atoms with Gasteiger partial charge >= 0.3 is 0 Å². The highest BCUT2D eigenvalue weighted by Gasteiger charge is 2.32. The molecule has 6 nitrogen and oxygen atoms in total. The van der Waals surface area contributed by atoms with Gasteiger partial charge in [-0.15, -0.1) is 0 Å². The number of hydrogen-bond donors (Lipinski definition) is 1. The normalized spacial score (nSPS) is 13.0. The smallest absolute Gasteiger partial charge is 0.261 e. The van der Waals surface area contributed by atoms with Gasteiger partial charge in [0.2, 0.25) is 5.91 Å². The Morgan fingerprint density at radius 1 is 0.906 bits per heavy atom. The van der Waals surface area contributed by atoms with Crippen LogP contribution in [0.4, 0.5) is 0 Å². The van der Waals surface area contributed by atoms with Gasteiger partial charge in [-0.25, -0.2) is 0 Å². The molecule has 1 aliphatic rings. The largest absolute Gasteiger partial charge is 0.377 e. The van der Waals surface area contributed by atoms with Gasteiger partial charge in [-0.1, -0.05) is 48.5 Å². The van der Waals surface area contributed by atoms with E-state index >= 15 is 0 Å². The second-order valence-electron chi connectivity index (χ2n) is 7.76. The van der Waals surface area contributed by atoms with E-state index in [1.165, 1.54) is 4.90 Å². The van der Waals surface area contributed by atoms with Crippen LogP contribution >= 0.6 is 0 Å². The summed E-state index contributed by atoms with van der Waals surface area (Å²) in [6.45, 7) is 3.71. The van der Waals surface area contributed by atoms with E-state index in [9.17, 15) is 14.4 Å². The number of hydrogen-bond acceptors (Lipinski definition) is 4. The van der Waals surface area contributed by atoms with Crippen molar-refractivity contribution in [3.8, 4) is 0 Å². The van der Waals surface area contributed by atoms with Crippen molar-refractivity contribution < 1.29 is 19.1 Å². The van der Waals surface area contributed by atoms with Crippen LogP contribution in [0.1, 0.15) is 51.6 Å². The van der Waals surface area contributed by atoms with Crippen LogP contribution in [0.5, 0.6) is 0 Å². The predicted molar refractivity (Wildman–Crippen MR) is 122 cm³/mol. The van der Waals surface area contributed by atoms with E-state index in [1.807, 2.05) is 55.5 Å². The highest BCUT2D eigenvalue weighted by molar-refractivity contribution is 6.25. The molecule has 0 saturated carbocycles. The van der Waals surface area contributed by atoms with Crippen molar-refractivity contribution in [1.29, 1.82) is 0 Å². The Hall–Kier alpha value is -3.51. The molecule has 3 amide bonds. The molecule has 4 rings (SSSR count). The summed E-state index contributed by atoms with van der Waals surface area (Å²) in [5, 5.41) is 4.52. The minimum atomic E-state index is -0.301. The molecule has 0 saturated heterocycles. The van der Waals surface area contributed by atoms with Crippen LogP contribution in [-0.2, 0) is 22.7 Å². The Morgan fingerprint density at radius 3 is 2.22 bits per heavy atom. The minimum Gasteiger partial charge on any atom is -0.377 e. The summed E-state index contributed by atoms with van der Waals surface area (Å²) >= 11 is 0. The van der Waals surface area contributed by atoms with Gasteiger partial charge in [0, 0.05) is 42.6 Å². The minimum absolute atomic E-state index is 0.115. The zero-order valence-electron chi connectivity index (χ0n) is 18.1. The lowest BCUT2D eigenvalue weighted by atomic mass is 9.94. The summed E-state index contributed by atoms with van der Waals surface area (Å²) in [5.74, 6) is -0.718. The molecule has 1 N–H and O–H groups in total. The molecule has 164 valence electrons. The number of nitrogens with zero attached hydrogens (tertiary/aromatic N) is 1. The summed E-state index contributed by atoms with van der Waals surface area (Å²) < 4.78 is 5.48. The van der Waals surface area contributed by atoms with E-state index in [2.05, 4.69) is 5.32 Å². The maximum atomic E-state index is 12.9. The van der Waals surface area contributed by atoms with E-state index in [4.69, 9.17) is 4.74 Å². The van der Waals surface area contributed by atoms with Crippen molar-refractivity contribution >= 4 is 28.5 Å². The fourth-order valence-electron chi connectivity index (χ4n) is 4.05. The number of carbonyl (C=O) groups is 3. The van der Waals surface area contributed by atoms with Crippen molar-refractivity contribution in [1.82, 2.24) is 10.2 Å². The van der Waals surface area contributed by atoms with Crippen molar-refractivity contribution in [3.63, 3.8) is 0 Å². The fourth-order valence-corrected chi connectivity index (χ4v) is 4.05. The average Bonchev–Trinajstić information content (AvgIpc) is 2.82. The molecule has 3 aromatic carbocycles. The fraction of sp³-hybridized carbons (Fsp3) is 0.269. The van der Waals surface area contributed by atoms with E-state index in [0.717, 1.165) is 16.5 Å². The first kappa shape index (κ1) is 21.7. The molecule has 0 atom stereocenters. The van der Waals surface area contributed by atoms with Gasteiger partial charge in [-0.05, 0) is 42.0 Å². The molecule has 0 aromatic heterocycles. The van der Waals surface area contributed by atoms with Crippen LogP contribution in [0.25, 0.3) is 10.8 Å². The summed E-state index contributed by atoms with van der Waals surface area (Å²) in [6, 6.07) is 18.8. The zero-order chi connectivity index (χ0) is 22.5. The number of ether oxygens (including phenoxy) is 1. The van der Waals surface area contributed by atoms with Crippen LogP contribution in [-0.4, -0.2) is 35.8 Å². The van der Waals surface area contributed by atoms with Crippen molar-refractivity contribution in [2.24, 2.45) is 0 Å². The standard InChI is InChI=1S/C26H26N2O4/c1-2-32-17-20-9-4-3-8-19(20)16-27-23(29)14-7-15-28-25(30)21-12-5-10-18-11-6-13-22(24(18)21)26(28)31/h3-6,8-13H,2,7,14-17H2,1H3,(H,27,29). The molecule has 0 aliphatic carbocycles. The van der Waals surface area contributed by atoms with Crippen molar-refractivity contribution in [2.75, 3.05) is 13.2 Å². The third kappa shape index (κ3) is 4.41. The van der Waals surface area contributed by atoms with Gasteiger partial charge < -0.3 is 10.1 Å². The van der Waals surface area contributed by atoms with Gasteiger partial charge in [0.15, 0.2) is 0 Å². The number of imide groups is 1. The highest BCUT2D eigenvalue weighted by Crippen LogP contribution is 2.30. The summed E-state index contributed by atoms with van der Waals surface area (Å²) in [6.07, 6.45) is 0.637. The Balaban J connectivity index is 1.34. The van der Waals surface area contributed by atoms with Gasteiger partial charge in [-0.2, -0.15) is 0 Å². The van der Waals surface area contributed by atoms with Crippen molar-refractivity contribution in [2.45, 2.75) is 32.9 Å². The molecule has 32 heavy (non-hydrogen) atoms. The topological polar surface area (TPSA) is 75.7 Å².